The first-order chi connectivity index (χ1) is 17.2. The highest BCUT2D eigenvalue weighted by Crippen LogP contribution is 2.23. The Balaban J connectivity index is 1.67. The highest BCUT2D eigenvalue weighted by Gasteiger charge is 2.29. The number of nitrogens with zero attached hydrogens (tertiary/aromatic N) is 3. The summed E-state index contributed by atoms with van der Waals surface area (Å²) in [6, 6.07) is 14.9. The number of ether oxygens (including phenoxy) is 1. The molecule has 1 saturated heterocycles. The molecule has 1 aliphatic heterocycles. The maximum atomic E-state index is 14.5. The average molecular weight is 514 g/mol. The van der Waals surface area contributed by atoms with Crippen molar-refractivity contribution in [1.29, 1.82) is 0 Å². The summed E-state index contributed by atoms with van der Waals surface area (Å²) in [5, 5.41) is -0.0227. The first kappa shape index (κ1) is 26.0. The van der Waals surface area contributed by atoms with Gasteiger partial charge >= 0.3 is 0 Å². The number of hydrogen-bond donors (Lipinski definition) is 0. The van der Waals surface area contributed by atoms with Crippen LogP contribution < -0.4 is 0 Å². The summed E-state index contributed by atoms with van der Waals surface area (Å²) in [6.45, 7) is 5.40. The second-order valence-corrected chi connectivity index (χ2v) is 11.5. The van der Waals surface area contributed by atoms with Gasteiger partial charge in [0.25, 0.3) is 5.91 Å². The molecule has 0 radical (unpaired) electrons. The Kier molecular flexibility index (Phi) is 8.21. The van der Waals surface area contributed by atoms with E-state index < -0.39 is 21.6 Å². The molecular formula is C27H32FN3O4S. The van der Waals surface area contributed by atoms with Crippen molar-refractivity contribution in [2.45, 2.75) is 56.8 Å². The Morgan fingerprint density at radius 1 is 1.17 bits per heavy atom. The standard InChI is InChI=1S/C27H32FN3O4S/c1-20(2)16-31-22(15-29-27(31)36(33,34)19-21-9-4-3-5-10-21)17-30(18-23-11-8-14-35-23)26(32)24-12-6-7-13-25(24)28/h3-7,9-10,12-13,15,20,23H,8,11,14,16-19H2,1-2H3/t23-/m1/s1. The summed E-state index contributed by atoms with van der Waals surface area (Å²) in [7, 11) is -3.74. The van der Waals surface area contributed by atoms with Crippen LogP contribution in [-0.4, -0.2) is 48.0 Å². The maximum Gasteiger partial charge on any atom is 0.257 e. The average Bonchev–Trinajstić information content (AvgIpc) is 3.49. The van der Waals surface area contributed by atoms with Crippen LogP contribution in [0.15, 0.2) is 66.0 Å². The van der Waals surface area contributed by atoms with Gasteiger partial charge in [-0.05, 0) is 36.5 Å². The summed E-state index contributed by atoms with van der Waals surface area (Å²) >= 11 is 0. The molecule has 0 aliphatic carbocycles. The van der Waals surface area contributed by atoms with Crippen molar-refractivity contribution in [3.63, 3.8) is 0 Å². The Morgan fingerprint density at radius 2 is 1.89 bits per heavy atom. The highest BCUT2D eigenvalue weighted by atomic mass is 32.2. The van der Waals surface area contributed by atoms with Gasteiger partial charge in [-0.25, -0.2) is 17.8 Å². The molecule has 4 rings (SSSR count). The second-order valence-electron chi connectivity index (χ2n) is 9.58. The zero-order valence-electron chi connectivity index (χ0n) is 20.6. The number of rotatable bonds is 10. The summed E-state index contributed by atoms with van der Waals surface area (Å²) < 4.78 is 48.6. The zero-order chi connectivity index (χ0) is 25.7. The molecule has 7 nitrogen and oxygen atoms in total. The fraction of sp³-hybridized carbons (Fsp3) is 0.407. The normalized spacial score (nSPS) is 15.9. The number of carbonyl (C=O) groups is 1. The molecule has 1 amide bonds. The third-order valence-electron chi connectivity index (χ3n) is 6.12. The quantitative estimate of drug-likeness (QED) is 0.400. The number of imidazole rings is 1. The number of aromatic nitrogens is 2. The van der Waals surface area contributed by atoms with Gasteiger partial charge in [-0.1, -0.05) is 56.3 Å². The third-order valence-corrected chi connectivity index (χ3v) is 7.71. The van der Waals surface area contributed by atoms with Gasteiger partial charge < -0.3 is 14.2 Å². The lowest BCUT2D eigenvalue weighted by atomic mass is 10.1. The molecule has 1 atom stereocenters. The molecule has 0 unspecified atom stereocenters. The maximum absolute atomic E-state index is 14.5. The summed E-state index contributed by atoms with van der Waals surface area (Å²) in [5.41, 5.74) is 1.23. The van der Waals surface area contributed by atoms with Gasteiger partial charge in [0.1, 0.15) is 5.82 Å². The van der Waals surface area contributed by atoms with E-state index in [2.05, 4.69) is 4.98 Å². The SMILES string of the molecule is CC(C)Cn1c(CN(C[C@H]2CCCO2)C(=O)c2ccccc2F)cnc1S(=O)(=O)Cc1ccccc1. The van der Waals surface area contributed by atoms with Crippen LogP contribution in [0.5, 0.6) is 0 Å². The van der Waals surface area contributed by atoms with Crippen LogP contribution in [0.1, 0.15) is 48.3 Å². The van der Waals surface area contributed by atoms with Gasteiger partial charge in [-0.15, -0.1) is 0 Å². The minimum atomic E-state index is -3.74. The summed E-state index contributed by atoms with van der Waals surface area (Å²) in [6.07, 6.45) is 3.07. The van der Waals surface area contributed by atoms with Crippen molar-refractivity contribution in [3.8, 4) is 0 Å². The van der Waals surface area contributed by atoms with E-state index in [0.717, 1.165) is 12.8 Å². The van der Waals surface area contributed by atoms with Crippen molar-refractivity contribution in [2.75, 3.05) is 13.2 Å². The van der Waals surface area contributed by atoms with Crippen LogP contribution >= 0.6 is 0 Å². The molecular weight excluding hydrogens is 481 g/mol. The molecule has 0 N–H and O–H groups in total. The van der Waals surface area contributed by atoms with Gasteiger partial charge in [-0.2, -0.15) is 0 Å². The number of hydrogen-bond acceptors (Lipinski definition) is 5. The lowest BCUT2D eigenvalue weighted by Gasteiger charge is -2.26. The minimum absolute atomic E-state index is 0.0227. The van der Waals surface area contributed by atoms with Crippen LogP contribution in [0, 0.1) is 11.7 Å². The van der Waals surface area contributed by atoms with Crippen molar-refractivity contribution in [3.05, 3.63) is 83.4 Å². The number of amides is 1. The van der Waals surface area contributed by atoms with Gasteiger partial charge in [-0.3, -0.25) is 4.79 Å². The number of benzene rings is 2. The Labute approximate surface area is 211 Å². The smallest absolute Gasteiger partial charge is 0.257 e. The van der Waals surface area contributed by atoms with Gasteiger partial charge in [0, 0.05) is 19.7 Å². The van der Waals surface area contributed by atoms with Crippen molar-refractivity contribution < 1.29 is 22.3 Å². The van der Waals surface area contributed by atoms with E-state index >= 15 is 0 Å². The molecule has 9 heteroatoms. The van der Waals surface area contributed by atoms with Gasteiger partial charge in [0.05, 0.1) is 35.9 Å². The summed E-state index contributed by atoms with van der Waals surface area (Å²) in [4.78, 5) is 19.3. The summed E-state index contributed by atoms with van der Waals surface area (Å²) in [5.74, 6) is -1.09. The first-order valence-corrected chi connectivity index (χ1v) is 13.9. The molecule has 1 aliphatic rings. The zero-order valence-corrected chi connectivity index (χ0v) is 21.5. The Morgan fingerprint density at radius 3 is 2.56 bits per heavy atom. The Bertz CT molecular complexity index is 1290. The fourth-order valence-corrected chi connectivity index (χ4v) is 5.94. The van der Waals surface area contributed by atoms with Crippen LogP contribution in [0.4, 0.5) is 4.39 Å². The van der Waals surface area contributed by atoms with Gasteiger partial charge in [0.2, 0.25) is 15.0 Å². The predicted octanol–water partition coefficient (Wildman–Crippen LogP) is 4.47. The number of sulfone groups is 1. The molecule has 2 aromatic carbocycles. The van der Waals surface area contributed by atoms with E-state index in [-0.39, 0.29) is 41.6 Å². The van der Waals surface area contributed by atoms with Crippen LogP contribution in [0.2, 0.25) is 0 Å². The fourth-order valence-electron chi connectivity index (χ4n) is 4.44. The highest BCUT2D eigenvalue weighted by molar-refractivity contribution is 7.90. The third kappa shape index (κ3) is 6.20. The van der Waals surface area contributed by atoms with Crippen LogP contribution in [0.3, 0.4) is 0 Å². The van der Waals surface area contributed by atoms with Crippen molar-refractivity contribution in [2.24, 2.45) is 5.92 Å². The monoisotopic (exact) mass is 513 g/mol. The lowest BCUT2D eigenvalue weighted by Crippen LogP contribution is -2.38. The Hall–Kier alpha value is -3.04. The van der Waals surface area contributed by atoms with Crippen molar-refractivity contribution in [1.82, 2.24) is 14.5 Å². The van der Waals surface area contributed by atoms with E-state index in [9.17, 15) is 17.6 Å². The number of carbonyl (C=O) groups excluding carboxylic acids is 1. The molecule has 36 heavy (non-hydrogen) atoms. The molecule has 0 spiro atoms. The molecule has 1 aromatic heterocycles. The first-order valence-electron chi connectivity index (χ1n) is 12.2. The van der Waals surface area contributed by atoms with E-state index in [1.54, 1.807) is 34.9 Å². The van der Waals surface area contributed by atoms with E-state index in [1.165, 1.54) is 29.3 Å². The largest absolute Gasteiger partial charge is 0.376 e. The molecule has 0 bridgehead atoms. The van der Waals surface area contributed by atoms with Crippen molar-refractivity contribution >= 4 is 15.7 Å². The van der Waals surface area contributed by atoms with E-state index in [0.29, 0.717) is 24.4 Å². The minimum Gasteiger partial charge on any atom is -0.376 e. The lowest BCUT2D eigenvalue weighted by molar-refractivity contribution is 0.0497. The van der Waals surface area contributed by atoms with E-state index in [4.69, 9.17) is 4.74 Å². The number of halogens is 1. The second kappa shape index (κ2) is 11.3. The molecule has 3 aromatic rings. The van der Waals surface area contributed by atoms with E-state index in [1.807, 2.05) is 19.9 Å². The predicted molar refractivity (Wildman–Crippen MR) is 135 cm³/mol. The van der Waals surface area contributed by atoms with Gasteiger partial charge in [0.15, 0.2) is 0 Å². The molecule has 0 saturated carbocycles. The van der Waals surface area contributed by atoms with Crippen LogP contribution in [-0.2, 0) is 33.4 Å². The van der Waals surface area contributed by atoms with Crippen LogP contribution in [0.25, 0.3) is 0 Å². The molecule has 192 valence electrons. The molecule has 1 fully saturated rings. The molecule has 2 heterocycles. The topological polar surface area (TPSA) is 81.5 Å².